The van der Waals surface area contributed by atoms with E-state index in [0.717, 1.165) is 47.4 Å². The van der Waals surface area contributed by atoms with Gasteiger partial charge in [-0.3, -0.25) is 4.79 Å². The smallest absolute Gasteiger partial charge is 0.397 e. The fraction of sp³-hybridized carbons (Fsp3) is 0.179. The minimum atomic E-state index is -0.841. The Balaban J connectivity index is 1.40. The number of aromatic nitrogens is 1. The van der Waals surface area contributed by atoms with Gasteiger partial charge in [0.15, 0.2) is 5.13 Å². The number of benzene rings is 3. The van der Waals surface area contributed by atoms with Gasteiger partial charge < -0.3 is 20.7 Å². The van der Waals surface area contributed by atoms with E-state index in [2.05, 4.69) is 20.9 Å². The molecule has 3 aromatic carbocycles. The molecule has 0 unspecified atom stereocenters. The van der Waals surface area contributed by atoms with Crippen molar-refractivity contribution in [3.8, 4) is 16.3 Å². The Bertz CT molecular complexity index is 1490. The molecule has 1 heterocycles. The number of hydrogen-bond donors (Lipinski definition) is 3. The lowest BCUT2D eigenvalue weighted by molar-refractivity contribution is 0.0951. The van der Waals surface area contributed by atoms with Crippen LogP contribution in [0.25, 0.3) is 11.3 Å². The summed E-state index contributed by atoms with van der Waals surface area (Å²) in [6, 6.07) is 17.9. The fourth-order valence-corrected chi connectivity index (χ4v) is 4.52. The zero-order valence-electron chi connectivity index (χ0n) is 20.4. The molecule has 1 fully saturated rings. The molecule has 194 valence electrons. The Labute approximate surface area is 221 Å². The highest BCUT2D eigenvalue weighted by molar-refractivity contribution is 7.18. The first-order valence-electron chi connectivity index (χ1n) is 12.0. The predicted octanol–water partition coefficient (Wildman–Crippen LogP) is 6.32. The van der Waals surface area contributed by atoms with Crippen LogP contribution < -0.4 is 20.7 Å². The maximum atomic E-state index is 14.7. The van der Waals surface area contributed by atoms with Crippen molar-refractivity contribution in [3.05, 3.63) is 95.1 Å². The molecule has 1 aromatic heterocycles. The number of rotatable bonds is 8. The van der Waals surface area contributed by atoms with E-state index < -0.39 is 17.7 Å². The maximum Gasteiger partial charge on any atom is 0.413 e. The summed E-state index contributed by atoms with van der Waals surface area (Å²) in [5.41, 5.74) is 2.86. The lowest BCUT2D eigenvalue weighted by Crippen LogP contribution is -2.26. The molecule has 4 aromatic rings. The summed E-state index contributed by atoms with van der Waals surface area (Å²) in [7, 11) is 0. The summed E-state index contributed by atoms with van der Waals surface area (Å²) < 4.78 is 33.7. The first-order valence-corrected chi connectivity index (χ1v) is 12.8. The molecule has 2 amide bonds. The number of nitrogens with zero attached hydrogens (tertiary/aromatic N) is 1. The Morgan fingerprint density at radius 1 is 1.05 bits per heavy atom. The number of carbonyl (C=O) groups excluding carboxylic acids is 2. The second-order valence-corrected chi connectivity index (χ2v) is 9.87. The van der Waals surface area contributed by atoms with Crippen LogP contribution in [0.5, 0.6) is 5.06 Å². The molecule has 38 heavy (non-hydrogen) atoms. The molecule has 1 aliphatic carbocycles. The van der Waals surface area contributed by atoms with Crippen molar-refractivity contribution in [1.82, 2.24) is 15.6 Å². The highest BCUT2D eigenvalue weighted by Crippen LogP contribution is 2.40. The van der Waals surface area contributed by atoms with Crippen LogP contribution in [0.3, 0.4) is 0 Å². The number of carbonyl (C=O) groups is 2. The Kier molecular flexibility index (Phi) is 7.32. The number of aryl methyl sites for hydroxylation is 1. The standard InChI is InChI=1S/C28H24F2N4O3S/c1-16-7-8-18(25(35)32-20-10-11-20)13-23(16)33-27-34-24(21-12-9-19(29)14-22(21)30)26(38-27)37-28(36)31-15-17-5-3-2-4-6-17/h2-9,12-14,20H,10-11,15H2,1H3,(H,31,36)(H,32,35)(H,33,34). The van der Waals surface area contributed by atoms with E-state index >= 15 is 0 Å². The molecule has 0 spiro atoms. The molecule has 3 N–H and O–H groups in total. The van der Waals surface area contributed by atoms with Crippen molar-refractivity contribution in [2.45, 2.75) is 32.4 Å². The minimum Gasteiger partial charge on any atom is -0.397 e. The molecular weight excluding hydrogens is 510 g/mol. The number of amides is 2. The third kappa shape index (κ3) is 6.15. The van der Waals surface area contributed by atoms with Crippen LogP contribution in [0, 0.1) is 18.6 Å². The van der Waals surface area contributed by atoms with Gasteiger partial charge in [-0.1, -0.05) is 47.7 Å². The zero-order valence-corrected chi connectivity index (χ0v) is 21.2. The lowest BCUT2D eigenvalue weighted by atomic mass is 10.1. The van der Waals surface area contributed by atoms with Gasteiger partial charge in [0.25, 0.3) is 5.91 Å². The average Bonchev–Trinajstić information content (AvgIpc) is 3.63. The second kappa shape index (κ2) is 11.0. The largest absolute Gasteiger partial charge is 0.413 e. The predicted molar refractivity (Wildman–Crippen MR) is 142 cm³/mol. The van der Waals surface area contributed by atoms with Crippen molar-refractivity contribution in [2.24, 2.45) is 0 Å². The number of ether oxygens (including phenoxy) is 1. The molecular formula is C28H24F2N4O3S. The number of nitrogens with one attached hydrogen (secondary N) is 3. The summed E-state index contributed by atoms with van der Waals surface area (Å²) in [5, 5.41) is 9.10. The Hall–Kier alpha value is -4.31. The molecule has 10 heteroatoms. The summed E-state index contributed by atoms with van der Waals surface area (Å²) in [5.74, 6) is -1.74. The van der Waals surface area contributed by atoms with Crippen LogP contribution in [0.1, 0.15) is 34.3 Å². The van der Waals surface area contributed by atoms with Gasteiger partial charge in [0.05, 0.1) is 0 Å². The summed E-state index contributed by atoms with van der Waals surface area (Å²) in [4.78, 5) is 29.5. The van der Waals surface area contributed by atoms with Gasteiger partial charge >= 0.3 is 6.09 Å². The molecule has 0 aliphatic heterocycles. The Morgan fingerprint density at radius 2 is 1.84 bits per heavy atom. The van der Waals surface area contributed by atoms with Gasteiger partial charge in [0.2, 0.25) is 5.06 Å². The maximum absolute atomic E-state index is 14.7. The number of halogens is 2. The number of anilines is 2. The minimum absolute atomic E-state index is 0.0177. The van der Waals surface area contributed by atoms with E-state index in [0.29, 0.717) is 16.4 Å². The van der Waals surface area contributed by atoms with Crippen molar-refractivity contribution in [2.75, 3.05) is 5.32 Å². The van der Waals surface area contributed by atoms with E-state index in [9.17, 15) is 18.4 Å². The number of thiazole rings is 1. The zero-order chi connectivity index (χ0) is 26.6. The second-order valence-electron chi connectivity index (χ2n) is 8.91. The molecule has 1 aliphatic rings. The van der Waals surface area contributed by atoms with Crippen LogP contribution in [-0.4, -0.2) is 23.0 Å². The summed E-state index contributed by atoms with van der Waals surface area (Å²) in [6.45, 7) is 2.10. The van der Waals surface area contributed by atoms with E-state index in [-0.39, 0.29) is 34.8 Å². The van der Waals surface area contributed by atoms with Gasteiger partial charge in [0.1, 0.15) is 17.3 Å². The molecule has 5 rings (SSSR count). The van der Waals surface area contributed by atoms with Gasteiger partial charge in [-0.2, -0.15) is 0 Å². The first kappa shape index (κ1) is 25.3. The molecule has 7 nitrogen and oxygen atoms in total. The van der Waals surface area contributed by atoms with E-state index in [1.807, 2.05) is 43.3 Å². The molecule has 0 radical (unpaired) electrons. The van der Waals surface area contributed by atoms with E-state index in [1.165, 1.54) is 6.07 Å². The van der Waals surface area contributed by atoms with Gasteiger partial charge in [-0.15, -0.1) is 0 Å². The number of hydrogen-bond acceptors (Lipinski definition) is 6. The highest BCUT2D eigenvalue weighted by atomic mass is 32.1. The monoisotopic (exact) mass is 534 g/mol. The van der Waals surface area contributed by atoms with Crippen molar-refractivity contribution < 1.29 is 23.1 Å². The Morgan fingerprint density at radius 3 is 2.58 bits per heavy atom. The quantitative estimate of drug-likeness (QED) is 0.246. The van der Waals surface area contributed by atoms with Crippen LogP contribution in [0.15, 0.2) is 66.7 Å². The SMILES string of the molecule is Cc1ccc(C(=O)NC2CC2)cc1Nc1nc(-c2ccc(F)cc2F)c(OC(=O)NCc2ccccc2)s1. The van der Waals surface area contributed by atoms with Gasteiger partial charge in [-0.05, 0) is 55.2 Å². The fourth-order valence-electron chi connectivity index (χ4n) is 3.68. The summed E-state index contributed by atoms with van der Waals surface area (Å²) in [6.07, 6.45) is 1.21. The highest BCUT2D eigenvalue weighted by Gasteiger charge is 2.24. The molecule has 0 atom stereocenters. The third-order valence-corrected chi connectivity index (χ3v) is 6.75. The van der Waals surface area contributed by atoms with Crippen molar-refractivity contribution in [3.63, 3.8) is 0 Å². The summed E-state index contributed by atoms with van der Waals surface area (Å²) >= 11 is 0.989. The van der Waals surface area contributed by atoms with Crippen LogP contribution in [0.2, 0.25) is 0 Å². The third-order valence-electron chi connectivity index (χ3n) is 5.90. The van der Waals surface area contributed by atoms with Crippen molar-refractivity contribution in [1.29, 1.82) is 0 Å². The normalized spacial score (nSPS) is 12.6. The topological polar surface area (TPSA) is 92.3 Å². The van der Waals surface area contributed by atoms with Crippen LogP contribution >= 0.6 is 11.3 Å². The van der Waals surface area contributed by atoms with E-state index in [1.54, 1.807) is 12.1 Å². The van der Waals surface area contributed by atoms with Crippen LogP contribution in [-0.2, 0) is 6.54 Å². The average molecular weight is 535 g/mol. The van der Waals surface area contributed by atoms with Gasteiger partial charge in [-0.25, -0.2) is 18.6 Å². The van der Waals surface area contributed by atoms with E-state index in [4.69, 9.17) is 4.74 Å². The van der Waals surface area contributed by atoms with Crippen LogP contribution in [0.4, 0.5) is 24.4 Å². The first-order chi connectivity index (χ1) is 18.4. The lowest BCUT2D eigenvalue weighted by Gasteiger charge is -2.10. The molecule has 0 saturated heterocycles. The molecule has 1 saturated carbocycles. The van der Waals surface area contributed by atoms with Gasteiger partial charge in [0, 0.05) is 35.5 Å². The molecule has 0 bridgehead atoms. The van der Waals surface area contributed by atoms with Crippen molar-refractivity contribution >= 4 is 34.2 Å².